The topological polar surface area (TPSA) is 32.3 Å². The Morgan fingerprint density at radius 2 is 2.29 bits per heavy atom. The van der Waals surface area contributed by atoms with Gasteiger partial charge >= 0.3 is 0 Å². The summed E-state index contributed by atoms with van der Waals surface area (Å²) in [5.74, 6) is 0. The molecule has 1 heterocycles. The summed E-state index contributed by atoms with van der Waals surface area (Å²) in [5, 5.41) is 12.5. The lowest BCUT2D eigenvalue weighted by Crippen LogP contribution is -2.33. The fourth-order valence-corrected chi connectivity index (χ4v) is 2.07. The lowest BCUT2D eigenvalue weighted by Gasteiger charge is -2.12. The van der Waals surface area contributed by atoms with Crippen molar-refractivity contribution in [2.24, 2.45) is 0 Å². The zero-order valence-corrected chi connectivity index (χ0v) is 8.59. The molecule has 0 amide bonds. The average Bonchev–Trinajstić information content (AvgIpc) is 2.38. The number of benzene rings is 1. The molecule has 76 valence electrons. The molecule has 0 aromatic heterocycles. The van der Waals surface area contributed by atoms with Crippen LogP contribution in [0.15, 0.2) is 18.2 Å². The van der Waals surface area contributed by atoms with Crippen LogP contribution in [0.1, 0.15) is 16.7 Å². The van der Waals surface area contributed by atoms with Crippen molar-refractivity contribution in [3.8, 4) is 0 Å². The zero-order chi connectivity index (χ0) is 9.97. The maximum absolute atomic E-state index is 9.15. The molecule has 1 aliphatic heterocycles. The van der Waals surface area contributed by atoms with Gasteiger partial charge in [0.15, 0.2) is 0 Å². The molecule has 14 heavy (non-hydrogen) atoms. The summed E-state index contributed by atoms with van der Waals surface area (Å²) in [7, 11) is 0. The van der Waals surface area contributed by atoms with E-state index in [9.17, 15) is 0 Å². The third-order valence-corrected chi connectivity index (χ3v) is 2.88. The van der Waals surface area contributed by atoms with E-state index in [-0.39, 0.29) is 12.6 Å². The third kappa shape index (κ3) is 1.97. The fourth-order valence-electron chi connectivity index (χ4n) is 2.07. The lowest BCUT2D eigenvalue weighted by molar-refractivity contribution is 0.244. The maximum atomic E-state index is 9.15. The van der Waals surface area contributed by atoms with Gasteiger partial charge in [0.25, 0.3) is 0 Å². The van der Waals surface area contributed by atoms with E-state index in [1.165, 1.54) is 16.7 Å². The Labute approximate surface area is 85.0 Å². The van der Waals surface area contributed by atoms with E-state index >= 15 is 0 Å². The van der Waals surface area contributed by atoms with E-state index in [2.05, 4.69) is 30.4 Å². The maximum Gasteiger partial charge on any atom is 0.0587 e. The first kappa shape index (κ1) is 9.69. The highest BCUT2D eigenvalue weighted by Crippen LogP contribution is 2.16. The number of fused-ring (bicyclic) bond motifs is 1. The van der Waals surface area contributed by atoms with Gasteiger partial charge in [0.2, 0.25) is 0 Å². The first-order chi connectivity index (χ1) is 6.79. The predicted molar refractivity (Wildman–Crippen MR) is 57.5 cm³/mol. The molecule has 2 N–H and O–H groups in total. The van der Waals surface area contributed by atoms with Crippen LogP contribution < -0.4 is 5.32 Å². The standard InChI is InChI=1S/C12H17NO/c1-9-2-3-10-4-5-13-12(8-14)7-11(10)6-9/h2-3,6,12-14H,4-5,7-8H2,1H3. The van der Waals surface area contributed by atoms with Gasteiger partial charge < -0.3 is 10.4 Å². The molecule has 1 aromatic rings. The SMILES string of the molecule is Cc1ccc2c(c1)CC(CO)NCC2. The molecule has 1 aliphatic rings. The van der Waals surface area contributed by atoms with Crippen molar-refractivity contribution in [3.63, 3.8) is 0 Å². The van der Waals surface area contributed by atoms with Crippen LogP contribution in [0, 0.1) is 6.92 Å². The Morgan fingerprint density at radius 3 is 3.07 bits per heavy atom. The number of hydrogen-bond donors (Lipinski definition) is 2. The minimum Gasteiger partial charge on any atom is -0.395 e. The van der Waals surface area contributed by atoms with Gasteiger partial charge in [0, 0.05) is 6.04 Å². The second-order valence-corrected chi connectivity index (χ2v) is 4.06. The first-order valence-electron chi connectivity index (χ1n) is 5.22. The monoisotopic (exact) mass is 191 g/mol. The summed E-state index contributed by atoms with van der Waals surface area (Å²) >= 11 is 0. The molecule has 2 heteroatoms. The molecule has 1 atom stereocenters. The number of hydrogen-bond acceptors (Lipinski definition) is 2. The van der Waals surface area contributed by atoms with Crippen LogP contribution in [0.2, 0.25) is 0 Å². The van der Waals surface area contributed by atoms with Gasteiger partial charge in [0.05, 0.1) is 6.61 Å². The van der Waals surface area contributed by atoms with E-state index in [1.54, 1.807) is 0 Å². The third-order valence-electron chi connectivity index (χ3n) is 2.88. The Bertz CT molecular complexity index is 322. The van der Waals surface area contributed by atoms with Crippen LogP contribution in [-0.2, 0) is 12.8 Å². The highest BCUT2D eigenvalue weighted by atomic mass is 16.3. The highest BCUT2D eigenvalue weighted by Gasteiger charge is 2.14. The van der Waals surface area contributed by atoms with Crippen LogP contribution in [0.3, 0.4) is 0 Å². The van der Waals surface area contributed by atoms with Crippen molar-refractivity contribution in [2.75, 3.05) is 13.2 Å². The molecule has 0 saturated heterocycles. The van der Waals surface area contributed by atoms with Crippen molar-refractivity contribution in [2.45, 2.75) is 25.8 Å². The van der Waals surface area contributed by atoms with Crippen molar-refractivity contribution in [3.05, 3.63) is 34.9 Å². The van der Waals surface area contributed by atoms with E-state index in [0.717, 1.165) is 19.4 Å². The molecule has 0 bridgehead atoms. The zero-order valence-electron chi connectivity index (χ0n) is 8.59. The molecule has 0 radical (unpaired) electrons. The largest absolute Gasteiger partial charge is 0.395 e. The summed E-state index contributed by atoms with van der Waals surface area (Å²) < 4.78 is 0. The van der Waals surface area contributed by atoms with E-state index < -0.39 is 0 Å². The summed E-state index contributed by atoms with van der Waals surface area (Å²) in [6, 6.07) is 6.85. The molecule has 0 spiro atoms. The molecule has 1 unspecified atom stereocenters. The summed E-state index contributed by atoms with van der Waals surface area (Å²) in [6.45, 7) is 3.32. The Morgan fingerprint density at radius 1 is 1.43 bits per heavy atom. The van der Waals surface area contributed by atoms with Crippen molar-refractivity contribution < 1.29 is 5.11 Å². The number of aliphatic hydroxyl groups excluding tert-OH is 1. The van der Waals surface area contributed by atoms with Crippen molar-refractivity contribution >= 4 is 0 Å². The Hall–Kier alpha value is -0.860. The van der Waals surface area contributed by atoms with E-state index in [4.69, 9.17) is 5.11 Å². The second-order valence-electron chi connectivity index (χ2n) is 4.06. The molecule has 0 fully saturated rings. The Kier molecular flexibility index (Phi) is 2.85. The van der Waals surface area contributed by atoms with E-state index in [0.29, 0.717) is 0 Å². The lowest BCUT2D eigenvalue weighted by atomic mass is 9.98. The van der Waals surface area contributed by atoms with Gasteiger partial charge in [-0.05, 0) is 37.4 Å². The average molecular weight is 191 g/mol. The van der Waals surface area contributed by atoms with Crippen LogP contribution in [-0.4, -0.2) is 24.3 Å². The van der Waals surface area contributed by atoms with Crippen LogP contribution in [0.25, 0.3) is 0 Å². The first-order valence-corrected chi connectivity index (χ1v) is 5.22. The van der Waals surface area contributed by atoms with Gasteiger partial charge in [0.1, 0.15) is 0 Å². The van der Waals surface area contributed by atoms with Gasteiger partial charge in [-0.1, -0.05) is 23.8 Å². The van der Waals surface area contributed by atoms with Gasteiger partial charge in [-0.15, -0.1) is 0 Å². The number of aryl methyl sites for hydroxylation is 1. The summed E-state index contributed by atoms with van der Waals surface area (Å²) in [4.78, 5) is 0. The van der Waals surface area contributed by atoms with Crippen LogP contribution in [0.4, 0.5) is 0 Å². The fraction of sp³-hybridized carbons (Fsp3) is 0.500. The van der Waals surface area contributed by atoms with Crippen LogP contribution in [0.5, 0.6) is 0 Å². The van der Waals surface area contributed by atoms with E-state index in [1.807, 2.05) is 0 Å². The van der Waals surface area contributed by atoms with Crippen molar-refractivity contribution in [1.29, 1.82) is 0 Å². The van der Waals surface area contributed by atoms with Gasteiger partial charge in [-0.2, -0.15) is 0 Å². The molecule has 2 rings (SSSR count). The van der Waals surface area contributed by atoms with Crippen molar-refractivity contribution in [1.82, 2.24) is 5.32 Å². The minimum atomic E-state index is 0.230. The molecule has 1 aromatic carbocycles. The van der Waals surface area contributed by atoms with Gasteiger partial charge in [-0.25, -0.2) is 0 Å². The molecule has 0 aliphatic carbocycles. The molecule has 2 nitrogen and oxygen atoms in total. The second kappa shape index (κ2) is 4.11. The smallest absolute Gasteiger partial charge is 0.0587 e. The normalized spacial score (nSPS) is 21.4. The number of rotatable bonds is 1. The summed E-state index contributed by atoms with van der Waals surface area (Å²) in [5.41, 5.74) is 4.13. The molecular formula is C12H17NO. The highest BCUT2D eigenvalue weighted by molar-refractivity contribution is 5.33. The summed E-state index contributed by atoms with van der Waals surface area (Å²) in [6.07, 6.45) is 2.03. The quantitative estimate of drug-likeness (QED) is 0.695. The number of aliphatic hydroxyl groups is 1. The number of nitrogens with one attached hydrogen (secondary N) is 1. The predicted octanol–water partition coefficient (Wildman–Crippen LogP) is 1.04. The Balaban J connectivity index is 2.28. The minimum absolute atomic E-state index is 0.230. The molecule has 0 saturated carbocycles. The van der Waals surface area contributed by atoms with Gasteiger partial charge in [-0.3, -0.25) is 0 Å². The molecular weight excluding hydrogens is 174 g/mol. The van der Waals surface area contributed by atoms with Crippen LogP contribution >= 0.6 is 0 Å².